The zero-order chi connectivity index (χ0) is 16.5. The summed E-state index contributed by atoms with van der Waals surface area (Å²) in [6.45, 7) is 10.5. The average Bonchev–Trinajstić information content (AvgIpc) is 2.35. The highest BCUT2D eigenvalue weighted by Gasteiger charge is 2.45. The van der Waals surface area contributed by atoms with Crippen LogP contribution in [-0.2, 0) is 4.79 Å². The van der Waals surface area contributed by atoms with Crippen molar-refractivity contribution >= 4 is 11.6 Å². The van der Waals surface area contributed by atoms with Crippen LogP contribution in [0.5, 0.6) is 0 Å². The van der Waals surface area contributed by atoms with Crippen LogP contribution in [0.15, 0.2) is 24.3 Å². The molecule has 22 heavy (non-hydrogen) atoms. The standard InChI is InChI=1S/C19H29NO2/c1-13(2)14-7-6-8-15(9-14)20-17(22)19(5)11-16(21)10-18(3,4)12-19/h6-9,13,16,21H,10-12H2,1-5H3,(H,20,22). The van der Waals surface area contributed by atoms with Crippen LogP contribution in [0.3, 0.4) is 0 Å². The first-order valence-electron chi connectivity index (χ1n) is 8.21. The summed E-state index contributed by atoms with van der Waals surface area (Å²) in [7, 11) is 0. The molecule has 0 bridgehead atoms. The normalized spacial score (nSPS) is 27.7. The van der Waals surface area contributed by atoms with Crippen molar-refractivity contribution in [2.45, 2.75) is 65.9 Å². The molecule has 1 amide bonds. The number of benzene rings is 1. The average molecular weight is 303 g/mol. The minimum absolute atomic E-state index is 0.0104. The van der Waals surface area contributed by atoms with Gasteiger partial charge in [-0.15, -0.1) is 0 Å². The number of carbonyl (C=O) groups excluding carboxylic acids is 1. The van der Waals surface area contributed by atoms with Gasteiger partial charge in [0.15, 0.2) is 0 Å². The molecule has 2 unspecified atom stereocenters. The molecule has 3 heteroatoms. The molecule has 3 nitrogen and oxygen atoms in total. The van der Waals surface area contributed by atoms with E-state index in [2.05, 4.69) is 39.1 Å². The molecule has 0 aromatic heterocycles. The molecule has 0 aliphatic heterocycles. The molecule has 1 aromatic carbocycles. The van der Waals surface area contributed by atoms with Gasteiger partial charge in [-0.1, -0.05) is 46.8 Å². The van der Waals surface area contributed by atoms with Gasteiger partial charge in [0.1, 0.15) is 0 Å². The monoisotopic (exact) mass is 303 g/mol. The first-order chi connectivity index (χ1) is 10.1. The minimum atomic E-state index is -0.519. The Morgan fingerprint density at radius 2 is 1.95 bits per heavy atom. The topological polar surface area (TPSA) is 49.3 Å². The fourth-order valence-corrected chi connectivity index (χ4v) is 3.86. The molecule has 0 saturated heterocycles. The lowest BCUT2D eigenvalue weighted by Crippen LogP contribution is -2.45. The summed E-state index contributed by atoms with van der Waals surface area (Å²) >= 11 is 0. The molecule has 2 N–H and O–H groups in total. The van der Waals surface area contributed by atoms with Crippen LogP contribution in [0.2, 0.25) is 0 Å². The predicted molar refractivity (Wildman–Crippen MR) is 90.9 cm³/mol. The van der Waals surface area contributed by atoms with E-state index in [1.807, 2.05) is 25.1 Å². The lowest BCUT2D eigenvalue weighted by molar-refractivity contribution is -0.132. The number of hydrogen-bond acceptors (Lipinski definition) is 2. The van der Waals surface area contributed by atoms with E-state index in [1.165, 1.54) is 5.56 Å². The van der Waals surface area contributed by atoms with Crippen LogP contribution >= 0.6 is 0 Å². The number of aliphatic hydroxyl groups excluding tert-OH is 1. The molecular weight excluding hydrogens is 274 g/mol. The Kier molecular flexibility index (Phi) is 4.67. The SMILES string of the molecule is CC(C)c1cccc(NC(=O)C2(C)CC(O)CC(C)(C)C2)c1. The van der Waals surface area contributed by atoms with E-state index >= 15 is 0 Å². The van der Waals surface area contributed by atoms with E-state index in [4.69, 9.17) is 0 Å². The molecule has 1 fully saturated rings. The van der Waals surface area contributed by atoms with E-state index in [0.717, 1.165) is 18.5 Å². The summed E-state index contributed by atoms with van der Waals surface area (Å²) in [4.78, 5) is 12.8. The van der Waals surface area contributed by atoms with Crippen molar-refractivity contribution in [2.24, 2.45) is 10.8 Å². The number of nitrogens with one attached hydrogen (secondary N) is 1. The molecular formula is C19H29NO2. The Labute approximate surface area is 134 Å². The summed E-state index contributed by atoms with van der Waals surface area (Å²) in [6, 6.07) is 8.02. The third kappa shape index (κ3) is 3.89. The van der Waals surface area contributed by atoms with E-state index in [0.29, 0.717) is 12.3 Å². The largest absolute Gasteiger partial charge is 0.393 e. The van der Waals surface area contributed by atoms with E-state index in [9.17, 15) is 9.90 Å². The number of rotatable bonds is 3. The molecule has 2 atom stereocenters. The number of carbonyl (C=O) groups is 1. The Morgan fingerprint density at radius 1 is 1.27 bits per heavy atom. The van der Waals surface area contributed by atoms with Gasteiger partial charge in [0.2, 0.25) is 5.91 Å². The van der Waals surface area contributed by atoms with Crippen molar-refractivity contribution in [1.29, 1.82) is 0 Å². The number of hydrogen-bond donors (Lipinski definition) is 2. The summed E-state index contributed by atoms with van der Waals surface area (Å²) in [6.07, 6.45) is 1.69. The first kappa shape index (κ1) is 17.0. The quantitative estimate of drug-likeness (QED) is 0.873. The summed E-state index contributed by atoms with van der Waals surface area (Å²) in [5.74, 6) is 0.447. The van der Waals surface area contributed by atoms with Crippen LogP contribution in [0.25, 0.3) is 0 Å². The molecule has 1 saturated carbocycles. The number of amides is 1. The number of aliphatic hydroxyl groups is 1. The van der Waals surface area contributed by atoms with Gasteiger partial charge < -0.3 is 10.4 Å². The van der Waals surface area contributed by atoms with Crippen molar-refractivity contribution < 1.29 is 9.90 Å². The van der Waals surface area contributed by atoms with Crippen LogP contribution < -0.4 is 5.32 Å². The maximum atomic E-state index is 12.8. The third-order valence-corrected chi connectivity index (χ3v) is 4.70. The summed E-state index contributed by atoms with van der Waals surface area (Å²) < 4.78 is 0. The van der Waals surface area contributed by atoms with Gasteiger partial charge in [0.25, 0.3) is 0 Å². The van der Waals surface area contributed by atoms with Crippen molar-refractivity contribution in [3.8, 4) is 0 Å². The first-order valence-corrected chi connectivity index (χ1v) is 8.21. The van der Waals surface area contributed by atoms with Crippen LogP contribution in [0.4, 0.5) is 5.69 Å². The maximum Gasteiger partial charge on any atom is 0.230 e. The molecule has 1 aromatic rings. The summed E-state index contributed by atoms with van der Waals surface area (Å²) in [5.41, 5.74) is 1.53. The van der Waals surface area contributed by atoms with Gasteiger partial charge in [-0.05, 0) is 48.3 Å². The third-order valence-electron chi connectivity index (χ3n) is 4.70. The highest BCUT2D eigenvalue weighted by atomic mass is 16.3. The van der Waals surface area contributed by atoms with Gasteiger partial charge in [0.05, 0.1) is 6.10 Å². The lowest BCUT2D eigenvalue weighted by Gasteiger charge is -2.44. The smallest absolute Gasteiger partial charge is 0.230 e. The second-order valence-corrected chi connectivity index (χ2v) is 8.20. The van der Waals surface area contributed by atoms with Gasteiger partial charge in [-0.2, -0.15) is 0 Å². The second kappa shape index (κ2) is 6.04. The van der Waals surface area contributed by atoms with Crippen molar-refractivity contribution in [1.82, 2.24) is 0 Å². The molecule has 2 rings (SSSR count). The Bertz CT molecular complexity index is 550. The number of anilines is 1. The van der Waals surface area contributed by atoms with Gasteiger partial charge in [-0.25, -0.2) is 0 Å². The molecule has 0 heterocycles. The Balaban J connectivity index is 2.16. The predicted octanol–water partition coefficient (Wildman–Crippen LogP) is 4.33. The van der Waals surface area contributed by atoms with Crippen LogP contribution in [0.1, 0.15) is 65.4 Å². The zero-order valence-corrected chi connectivity index (χ0v) is 14.4. The maximum absolute atomic E-state index is 12.8. The van der Waals surface area contributed by atoms with E-state index in [1.54, 1.807) is 0 Å². The van der Waals surface area contributed by atoms with Gasteiger partial charge in [0, 0.05) is 11.1 Å². The zero-order valence-electron chi connectivity index (χ0n) is 14.4. The lowest BCUT2D eigenvalue weighted by atomic mass is 9.63. The van der Waals surface area contributed by atoms with E-state index in [-0.39, 0.29) is 11.3 Å². The summed E-state index contributed by atoms with van der Waals surface area (Å²) in [5, 5.41) is 13.2. The fourth-order valence-electron chi connectivity index (χ4n) is 3.86. The molecule has 1 aliphatic rings. The molecule has 0 radical (unpaired) electrons. The Hall–Kier alpha value is -1.35. The van der Waals surface area contributed by atoms with Crippen molar-refractivity contribution in [3.63, 3.8) is 0 Å². The van der Waals surface area contributed by atoms with Crippen LogP contribution in [-0.4, -0.2) is 17.1 Å². The van der Waals surface area contributed by atoms with Gasteiger partial charge >= 0.3 is 0 Å². The van der Waals surface area contributed by atoms with Crippen molar-refractivity contribution in [2.75, 3.05) is 5.32 Å². The second-order valence-electron chi connectivity index (χ2n) is 8.20. The highest BCUT2D eigenvalue weighted by Crippen LogP contribution is 2.46. The fraction of sp³-hybridized carbons (Fsp3) is 0.632. The minimum Gasteiger partial charge on any atom is -0.393 e. The molecule has 1 aliphatic carbocycles. The van der Waals surface area contributed by atoms with E-state index < -0.39 is 11.5 Å². The molecule has 0 spiro atoms. The highest BCUT2D eigenvalue weighted by molar-refractivity contribution is 5.95. The van der Waals surface area contributed by atoms with Crippen molar-refractivity contribution in [3.05, 3.63) is 29.8 Å². The van der Waals surface area contributed by atoms with Gasteiger partial charge in [-0.3, -0.25) is 4.79 Å². The Morgan fingerprint density at radius 3 is 2.55 bits per heavy atom. The van der Waals surface area contributed by atoms with Crippen LogP contribution in [0, 0.1) is 10.8 Å². The molecule has 122 valence electrons.